The van der Waals surface area contributed by atoms with Crippen molar-refractivity contribution in [2.45, 2.75) is 20.1 Å². The smallest absolute Gasteiger partial charge is 0.167 e. The van der Waals surface area contributed by atoms with E-state index in [9.17, 15) is 4.39 Å². The molecule has 2 aromatic rings. The van der Waals surface area contributed by atoms with E-state index in [1.807, 2.05) is 19.1 Å². The molecule has 2 rings (SSSR count). The molecule has 0 aliphatic heterocycles. The van der Waals surface area contributed by atoms with Gasteiger partial charge in [-0.1, -0.05) is 40.5 Å². The van der Waals surface area contributed by atoms with Crippen molar-refractivity contribution in [3.05, 3.63) is 56.8 Å². The van der Waals surface area contributed by atoms with E-state index >= 15 is 0 Å². The molecule has 23 heavy (non-hydrogen) atoms. The SMILES string of the molecule is CCNCc1c(Br)ccc(OC)c1OCc1ccc(F)cc1Cl. The van der Waals surface area contributed by atoms with Crippen molar-refractivity contribution in [3.8, 4) is 11.5 Å². The molecular formula is C17H18BrClFNO2. The highest BCUT2D eigenvalue weighted by atomic mass is 79.9. The van der Waals surface area contributed by atoms with Crippen molar-refractivity contribution in [1.82, 2.24) is 5.32 Å². The van der Waals surface area contributed by atoms with Crippen molar-refractivity contribution in [3.63, 3.8) is 0 Å². The summed E-state index contributed by atoms with van der Waals surface area (Å²) in [6.07, 6.45) is 0. The van der Waals surface area contributed by atoms with Gasteiger partial charge in [-0.25, -0.2) is 4.39 Å². The van der Waals surface area contributed by atoms with Crippen molar-refractivity contribution >= 4 is 27.5 Å². The Bertz CT molecular complexity index is 682. The molecule has 3 nitrogen and oxygen atoms in total. The third-order valence-corrected chi connectivity index (χ3v) is 4.42. The van der Waals surface area contributed by atoms with Crippen LogP contribution in [0.2, 0.25) is 5.02 Å². The summed E-state index contributed by atoms with van der Waals surface area (Å²) in [4.78, 5) is 0. The van der Waals surface area contributed by atoms with Crippen LogP contribution in [0.15, 0.2) is 34.8 Å². The molecule has 0 bridgehead atoms. The van der Waals surface area contributed by atoms with Crippen LogP contribution in [-0.2, 0) is 13.2 Å². The first-order valence-corrected chi connectivity index (χ1v) is 8.36. The summed E-state index contributed by atoms with van der Waals surface area (Å²) in [6.45, 7) is 3.74. The Kier molecular flexibility index (Phi) is 6.69. The molecular weight excluding hydrogens is 385 g/mol. The second-order valence-corrected chi connectivity index (χ2v) is 6.12. The zero-order chi connectivity index (χ0) is 16.8. The molecule has 0 radical (unpaired) electrons. The average molecular weight is 403 g/mol. The third-order valence-electron chi connectivity index (χ3n) is 3.33. The normalized spacial score (nSPS) is 10.7. The zero-order valence-corrected chi connectivity index (χ0v) is 15.3. The highest BCUT2D eigenvalue weighted by molar-refractivity contribution is 9.10. The van der Waals surface area contributed by atoms with Gasteiger partial charge in [0.15, 0.2) is 11.5 Å². The summed E-state index contributed by atoms with van der Waals surface area (Å²) < 4.78 is 25.4. The first-order valence-electron chi connectivity index (χ1n) is 7.19. The van der Waals surface area contributed by atoms with Crippen LogP contribution in [0, 0.1) is 5.82 Å². The lowest BCUT2D eigenvalue weighted by atomic mass is 10.1. The van der Waals surface area contributed by atoms with Gasteiger partial charge in [-0.05, 0) is 30.8 Å². The minimum atomic E-state index is -0.369. The predicted octanol–water partition coefficient (Wildman–Crippen LogP) is 4.94. The number of ether oxygens (including phenoxy) is 2. The van der Waals surface area contributed by atoms with Gasteiger partial charge in [0.1, 0.15) is 12.4 Å². The lowest BCUT2D eigenvalue weighted by molar-refractivity contribution is 0.280. The van der Waals surface area contributed by atoms with Gasteiger partial charge in [0.2, 0.25) is 0 Å². The standard InChI is InChI=1S/C17H18BrClFNO2/c1-3-21-9-13-14(18)6-7-16(22-2)17(13)23-10-11-4-5-12(20)8-15(11)19/h4-8,21H,3,9-10H2,1-2H3. The van der Waals surface area contributed by atoms with E-state index in [-0.39, 0.29) is 12.4 Å². The van der Waals surface area contributed by atoms with E-state index in [1.54, 1.807) is 13.2 Å². The average Bonchev–Trinajstić information content (AvgIpc) is 2.53. The van der Waals surface area contributed by atoms with Gasteiger partial charge in [-0.15, -0.1) is 0 Å². The molecule has 6 heteroatoms. The Labute approximate surface area is 148 Å². The Balaban J connectivity index is 2.27. The minimum absolute atomic E-state index is 0.227. The first-order chi connectivity index (χ1) is 11.1. The topological polar surface area (TPSA) is 30.5 Å². The van der Waals surface area contributed by atoms with E-state index in [0.29, 0.717) is 28.6 Å². The number of hydrogen-bond donors (Lipinski definition) is 1. The Hall–Kier alpha value is -1.30. The molecule has 0 aliphatic carbocycles. The van der Waals surface area contributed by atoms with Crippen molar-refractivity contribution in [2.75, 3.05) is 13.7 Å². The summed E-state index contributed by atoms with van der Waals surface area (Å²) in [5.41, 5.74) is 1.67. The second-order valence-electron chi connectivity index (χ2n) is 4.86. The fourth-order valence-corrected chi connectivity index (χ4v) is 2.78. The van der Waals surface area contributed by atoms with Crippen LogP contribution in [-0.4, -0.2) is 13.7 Å². The summed E-state index contributed by atoms with van der Waals surface area (Å²) in [7, 11) is 1.60. The fourth-order valence-electron chi connectivity index (χ4n) is 2.10. The van der Waals surface area contributed by atoms with Crippen LogP contribution in [0.5, 0.6) is 11.5 Å². The zero-order valence-electron chi connectivity index (χ0n) is 13.0. The molecule has 0 aliphatic rings. The van der Waals surface area contributed by atoms with E-state index in [1.165, 1.54) is 12.1 Å². The van der Waals surface area contributed by atoms with Gasteiger partial charge < -0.3 is 14.8 Å². The number of benzene rings is 2. The lowest BCUT2D eigenvalue weighted by Gasteiger charge is -2.17. The molecule has 0 heterocycles. The molecule has 0 saturated carbocycles. The van der Waals surface area contributed by atoms with Crippen molar-refractivity contribution in [1.29, 1.82) is 0 Å². The second kappa shape index (κ2) is 8.52. The molecule has 0 atom stereocenters. The molecule has 124 valence electrons. The molecule has 0 aromatic heterocycles. The van der Waals surface area contributed by atoms with Gasteiger partial charge in [-0.3, -0.25) is 0 Å². The summed E-state index contributed by atoms with van der Waals surface area (Å²) in [5, 5.41) is 3.61. The number of methoxy groups -OCH3 is 1. The summed E-state index contributed by atoms with van der Waals surface area (Å²) in [5.74, 6) is 0.911. The van der Waals surface area contributed by atoms with Crippen LogP contribution in [0.25, 0.3) is 0 Å². The van der Waals surface area contributed by atoms with Gasteiger partial charge >= 0.3 is 0 Å². The van der Waals surface area contributed by atoms with Crippen LogP contribution < -0.4 is 14.8 Å². The maximum atomic E-state index is 13.1. The predicted molar refractivity (Wildman–Crippen MR) is 93.8 cm³/mol. The van der Waals surface area contributed by atoms with Gasteiger partial charge in [0.05, 0.1) is 12.1 Å². The Morgan fingerprint density at radius 1 is 1.26 bits per heavy atom. The van der Waals surface area contributed by atoms with E-state index < -0.39 is 0 Å². The van der Waals surface area contributed by atoms with E-state index in [4.69, 9.17) is 21.1 Å². The van der Waals surface area contributed by atoms with Crippen molar-refractivity contribution in [2.24, 2.45) is 0 Å². The largest absolute Gasteiger partial charge is 0.493 e. The number of halogens is 3. The van der Waals surface area contributed by atoms with Crippen LogP contribution >= 0.6 is 27.5 Å². The van der Waals surface area contributed by atoms with E-state index in [2.05, 4.69) is 21.2 Å². The number of hydrogen-bond acceptors (Lipinski definition) is 3. The Morgan fingerprint density at radius 3 is 2.70 bits per heavy atom. The quantitative estimate of drug-likeness (QED) is 0.711. The third kappa shape index (κ3) is 4.59. The highest BCUT2D eigenvalue weighted by Crippen LogP contribution is 2.37. The van der Waals surface area contributed by atoms with Crippen LogP contribution in [0.3, 0.4) is 0 Å². The molecule has 0 saturated heterocycles. The molecule has 0 spiro atoms. The van der Waals surface area contributed by atoms with Gasteiger partial charge in [0.25, 0.3) is 0 Å². The van der Waals surface area contributed by atoms with Crippen LogP contribution in [0.4, 0.5) is 4.39 Å². The van der Waals surface area contributed by atoms with Gasteiger partial charge in [0, 0.05) is 22.1 Å². The summed E-state index contributed by atoms with van der Waals surface area (Å²) >= 11 is 9.59. The Morgan fingerprint density at radius 2 is 2.04 bits per heavy atom. The minimum Gasteiger partial charge on any atom is -0.493 e. The van der Waals surface area contributed by atoms with Crippen molar-refractivity contribution < 1.29 is 13.9 Å². The molecule has 0 unspecified atom stereocenters. The molecule has 2 aromatic carbocycles. The maximum Gasteiger partial charge on any atom is 0.167 e. The molecule has 1 N–H and O–H groups in total. The molecule has 0 amide bonds. The molecule has 0 fully saturated rings. The monoisotopic (exact) mass is 401 g/mol. The lowest BCUT2D eigenvalue weighted by Crippen LogP contribution is -2.14. The van der Waals surface area contributed by atoms with E-state index in [0.717, 1.165) is 16.6 Å². The van der Waals surface area contributed by atoms with Crippen LogP contribution in [0.1, 0.15) is 18.1 Å². The fraction of sp³-hybridized carbons (Fsp3) is 0.294. The number of nitrogens with one attached hydrogen (secondary N) is 1. The van der Waals surface area contributed by atoms with Gasteiger partial charge in [-0.2, -0.15) is 0 Å². The highest BCUT2D eigenvalue weighted by Gasteiger charge is 2.15. The first kappa shape index (κ1) is 18.0. The number of rotatable bonds is 7. The summed E-state index contributed by atoms with van der Waals surface area (Å²) in [6, 6.07) is 8.01. The maximum absolute atomic E-state index is 13.1.